The van der Waals surface area contributed by atoms with Gasteiger partial charge in [0.1, 0.15) is 5.75 Å². The monoisotopic (exact) mass is 472 g/mol. The number of aromatic amines is 1. The number of aromatic nitrogens is 3. The van der Waals surface area contributed by atoms with Crippen molar-refractivity contribution in [1.82, 2.24) is 14.1 Å². The van der Waals surface area contributed by atoms with E-state index < -0.39 is 23.3 Å². The predicted molar refractivity (Wildman–Crippen MR) is 124 cm³/mol. The number of H-pyrrole nitrogens is 1. The van der Waals surface area contributed by atoms with E-state index in [2.05, 4.69) is 9.98 Å². The molecule has 2 aromatic carbocycles. The Morgan fingerprint density at radius 2 is 1.79 bits per heavy atom. The standard InChI is InChI=1S/C23H25ClN4O5/c1-3-12-33-19-10-8-18(9-11-19)25-21-26-22(31)28(13-15(2)20(29)30)23(32)27(21)14-16-4-6-17(24)7-5-16/h4-11,15H,3,12-14H2,1-2H3,(H,29,30)(H,25,26,31)/t15-/m1/s1. The zero-order valence-electron chi connectivity index (χ0n) is 18.3. The summed E-state index contributed by atoms with van der Waals surface area (Å²) in [6, 6.07) is 13.8. The number of carboxylic acids is 1. The topological polar surface area (TPSA) is 119 Å². The van der Waals surface area contributed by atoms with Crippen LogP contribution in [0, 0.1) is 5.92 Å². The number of nitrogens with zero attached hydrogens (tertiary/aromatic N) is 3. The molecule has 0 spiro atoms. The van der Waals surface area contributed by atoms with Gasteiger partial charge >= 0.3 is 17.3 Å². The van der Waals surface area contributed by atoms with Gasteiger partial charge in [-0.05, 0) is 48.4 Å². The Morgan fingerprint density at radius 3 is 2.39 bits per heavy atom. The van der Waals surface area contributed by atoms with E-state index in [-0.39, 0.29) is 18.7 Å². The number of halogens is 1. The summed E-state index contributed by atoms with van der Waals surface area (Å²) in [6.45, 7) is 3.87. The summed E-state index contributed by atoms with van der Waals surface area (Å²) in [6.07, 6.45) is 0.884. The summed E-state index contributed by atoms with van der Waals surface area (Å²) in [7, 11) is 0. The third kappa shape index (κ3) is 6.23. The molecule has 0 bridgehead atoms. The molecular weight excluding hydrogens is 448 g/mol. The van der Waals surface area contributed by atoms with Gasteiger partial charge in [0.05, 0.1) is 24.8 Å². The number of aliphatic carboxylic acids is 1. The number of nitrogens with one attached hydrogen (secondary N) is 1. The van der Waals surface area contributed by atoms with Crippen molar-refractivity contribution in [3.63, 3.8) is 0 Å². The average Bonchev–Trinajstić information content (AvgIpc) is 2.79. The molecule has 2 N–H and O–H groups in total. The molecule has 0 radical (unpaired) electrons. The lowest BCUT2D eigenvalue weighted by Gasteiger charge is -2.13. The van der Waals surface area contributed by atoms with Gasteiger partial charge < -0.3 is 9.84 Å². The first kappa shape index (κ1) is 24.1. The SMILES string of the molecule is CCCOc1ccc(/N=c2\[nH]c(=O)n(C[C@@H](C)C(=O)O)c(=O)n2Cc2ccc(Cl)cc2)cc1. The quantitative estimate of drug-likeness (QED) is 0.496. The van der Waals surface area contributed by atoms with Crippen molar-refractivity contribution >= 4 is 23.3 Å². The number of hydrogen-bond acceptors (Lipinski definition) is 5. The summed E-state index contributed by atoms with van der Waals surface area (Å²) in [5, 5.41) is 9.76. The normalized spacial score (nSPS) is 12.5. The van der Waals surface area contributed by atoms with Gasteiger partial charge in [0, 0.05) is 11.6 Å². The molecule has 1 atom stereocenters. The molecule has 0 aliphatic carbocycles. The number of carbonyl (C=O) groups is 1. The molecule has 0 saturated carbocycles. The highest BCUT2D eigenvalue weighted by Gasteiger charge is 2.17. The largest absolute Gasteiger partial charge is 0.494 e. The maximum absolute atomic E-state index is 13.2. The molecule has 0 aliphatic heterocycles. The lowest BCUT2D eigenvalue weighted by atomic mass is 10.2. The summed E-state index contributed by atoms with van der Waals surface area (Å²) in [4.78, 5) is 44.2. The van der Waals surface area contributed by atoms with Crippen LogP contribution in [0.25, 0.3) is 0 Å². The maximum Gasteiger partial charge on any atom is 0.335 e. The van der Waals surface area contributed by atoms with Gasteiger partial charge in [0.15, 0.2) is 0 Å². The Morgan fingerprint density at radius 1 is 1.12 bits per heavy atom. The number of ether oxygens (including phenoxy) is 1. The molecule has 0 fully saturated rings. The van der Waals surface area contributed by atoms with Crippen molar-refractivity contribution in [2.24, 2.45) is 10.9 Å². The van der Waals surface area contributed by atoms with Crippen LogP contribution in [0.3, 0.4) is 0 Å². The molecule has 0 saturated heterocycles. The van der Waals surface area contributed by atoms with Gasteiger partial charge in [-0.1, -0.05) is 37.6 Å². The van der Waals surface area contributed by atoms with Crippen LogP contribution in [0.5, 0.6) is 5.75 Å². The minimum absolute atomic E-state index is 0.0430. The van der Waals surface area contributed by atoms with Gasteiger partial charge in [0.2, 0.25) is 5.62 Å². The number of rotatable bonds is 9. The van der Waals surface area contributed by atoms with Crippen LogP contribution >= 0.6 is 11.6 Å². The lowest BCUT2D eigenvalue weighted by Crippen LogP contribution is -2.51. The van der Waals surface area contributed by atoms with Crippen LogP contribution in [0.15, 0.2) is 63.1 Å². The number of carboxylic acid groups (broad SMARTS) is 1. The van der Waals surface area contributed by atoms with Crippen molar-refractivity contribution in [3.8, 4) is 5.75 Å². The van der Waals surface area contributed by atoms with E-state index >= 15 is 0 Å². The molecule has 0 unspecified atom stereocenters. The van der Waals surface area contributed by atoms with E-state index in [0.717, 1.165) is 16.6 Å². The zero-order chi connectivity index (χ0) is 24.0. The molecule has 1 aromatic heterocycles. The highest BCUT2D eigenvalue weighted by Crippen LogP contribution is 2.17. The minimum Gasteiger partial charge on any atom is -0.494 e. The van der Waals surface area contributed by atoms with Crippen LogP contribution in [0.4, 0.5) is 5.69 Å². The van der Waals surface area contributed by atoms with Crippen molar-refractivity contribution in [3.05, 3.63) is 85.7 Å². The molecule has 0 aliphatic rings. The van der Waals surface area contributed by atoms with E-state index in [1.165, 1.54) is 11.5 Å². The summed E-state index contributed by atoms with van der Waals surface area (Å²) in [5.74, 6) is -1.34. The fourth-order valence-corrected chi connectivity index (χ4v) is 3.16. The Kier molecular flexibility index (Phi) is 7.89. The van der Waals surface area contributed by atoms with E-state index in [1.54, 1.807) is 48.5 Å². The first-order valence-corrected chi connectivity index (χ1v) is 10.8. The average molecular weight is 473 g/mol. The van der Waals surface area contributed by atoms with Gasteiger partial charge in [-0.25, -0.2) is 19.1 Å². The first-order valence-electron chi connectivity index (χ1n) is 10.5. The molecular formula is C23H25ClN4O5. The van der Waals surface area contributed by atoms with E-state index in [4.69, 9.17) is 16.3 Å². The second-order valence-corrected chi connectivity index (χ2v) is 7.99. The third-order valence-corrected chi connectivity index (χ3v) is 5.11. The van der Waals surface area contributed by atoms with Crippen LogP contribution in [-0.2, 0) is 17.9 Å². The Labute approximate surface area is 194 Å². The zero-order valence-corrected chi connectivity index (χ0v) is 19.1. The Hall–Kier alpha value is -3.59. The van der Waals surface area contributed by atoms with Crippen molar-refractivity contribution in [2.75, 3.05) is 6.61 Å². The fourth-order valence-electron chi connectivity index (χ4n) is 3.03. The van der Waals surface area contributed by atoms with Crippen LogP contribution in [0.2, 0.25) is 5.02 Å². The van der Waals surface area contributed by atoms with Gasteiger partial charge in [-0.15, -0.1) is 0 Å². The summed E-state index contributed by atoms with van der Waals surface area (Å²) in [5.41, 5.74) is -0.0893. The molecule has 33 heavy (non-hydrogen) atoms. The van der Waals surface area contributed by atoms with Gasteiger partial charge in [-0.3, -0.25) is 14.3 Å². The summed E-state index contributed by atoms with van der Waals surface area (Å²) >= 11 is 5.96. The smallest absolute Gasteiger partial charge is 0.335 e. The molecule has 3 rings (SSSR count). The predicted octanol–water partition coefficient (Wildman–Crippen LogP) is 2.78. The molecule has 1 heterocycles. The van der Waals surface area contributed by atoms with E-state index in [0.29, 0.717) is 23.1 Å². The minimum atomic E-state index is -1.11. The van der Waals surface area contributed by atoms with E-state index in [1.807, 2.05) is 6.92 Å². The highest BCUT2D eigenvalue weighted by atomic mass is 35.5. The third-order valence-electron chi connectivity index (χ3n) is 4.86. The maximum atomic E-state index is 13.2. The second kappa shape index (κ2) is 10.8. The van der Waals surface area contributed by atoms with Gasteiger partial charge in [-0.2, -0.15) is 0 Å². The van der Waals surface area contributed by atoms with Gasteiger partial charge in [0.25, 0.3) is 0 Å². The van der Waals surface area contributed by atoms with Crippen molar-refractivity contribution in [1.29, 1.82) is 0 Å². The van der Waals surface area contributed by atoms with Crippen LogP contribution < -0.4 is 21.7 Å². The Balaban J connectivity index is 2.10. The van der Waals surface area contributed by atoms with Crippen molar-refractivity contribution < 1.29 is 14.6 Å². The molecule has 174 valence electrons. The number of benzene rings is 2. The van der Waals surface area contributed by atoms with Crippen LogP contribution in [-0.4, -0.2) is 31.8 Å². The van der Waals surface area contributed by atoms with Crippen molar-refractivity contribution in [2.45, 2.75) is 33.4 Å². The highest BCUT2D eigenvalue weighted by molar-refractivity contribution is 6.30. The molecule has 9 nitrogen and oxygen atoms in total. The number of hydrogen-bond donors (Lipinski definition) is 2. The second-order valence-electron chi connectivity index (χ2n) is 7.55. The van der Waals surface area contributed by atoms with E-state index in [9.17, 15) is 19.5 Å². The molecule has 10 heteroatoms. The fraction of sp³-hybridized carbons (Fsp3) is 0.304. The first-order chi connectivity index (χ1) is 15.8. The van der Waals surface area contributed by atoms with Crippen LogP contribution in [0.1, 0.15) is 25.8 Å². The molecule has 0 amide bonds. The lowest BCUT2D eigenvalue weighted by molar-refractivity contribution is -0.141. The Bertz CT molecular complexity index is 1290. The molecule has 3 aromatic rings. The summed E-state index contributed by atoms with van der Waals surface area (Å²) < 4.78 is 7.73.